The van der Waals surface area contributed by atoms with Crippen molar-refractivity contribution in [2.45, 2.75) is 16.1 Å². The van der Waals surface area contributed by atoms with Gasteiger partial charge in [0.25, 0.3) is 0 Å². The van der Waals surface area contributed by atoms with Crippen LogP contribution in [-0.2, 0) is 11.3 Å². The quantitative estimate of drug-likeness (QED) is 0.576. The first-order valence-corrected chi connectivity index (χ1v) is 9.56. The van der Waals surface area contributed by atoms with Gasteiger partial charge >= 0.3 is 0 Å². The molecule has 0 saturated carbocycles. The summed E-state index contributed by atoms with van der Waals surface area (Å²) in [4.78, 5) is 11.8. The zero-order valence-corrected chi connectivity index (χ0v) is 15.7. The maximum Gasteiger partial charge on any atom is 0.235 e. The number of benzene rings is 2. The smallest absolute Gasteiger partial charge is 0.235 e. The maximum absolute atomic E-state index is 11.8. The van der Waals surface area contributed by atoms with E-state index >= 15 is 0 Å². The fourth-order valence-corrected chi connectivity index (χ4v) is 4.16. The van der Waals surface area contributed by atoms with Gasteiger partial charge in [0, 0.05) is 6.54 Å². The lowest BCUT2D eigenvalue weighted by atomic mass is 10.1. The molecule has 0 saturated heterocycles. The van der Waals surface area contributed by atoms with Crippen LogP contribution in [0.2, 0.25) is 0 Å². The van der Waals surface area contributed by atoms with E-state index in [9.17, 15) is 4.79 Å². The Morgan fingerprint density at radius 2 is 1.92 bits per heavy atom. The molecule has 1 aromatic heterocycles. The van der Waals surface area contributed by atoms with Crippen LogP contribution < -0.4 is 15.8 Å². The molecule has 0 fully saturated rings. The summed E-state index contributed by atoms with van der Waals surface area (Å²) in [7, 11) is 1.64. The highest BCUT2D eigenvalue weighted by molar-refractivity contribution is 8.01. The molecule has 1 unspecified atom stereocenters. The lowest BCUT2D eigenvalue weighted by molar-refractivity contribution is -0.117. The first-order chi connectivity index (χ1) is 12.7. The topological polar surface area (TPSA) is 90.1 Å². The van der Waals surface area contributed by atoms with Crippen LogP contribution in [0.25, 0.3) is 0 Å². The van der Waals surface area contributed by atoms with E-state index in [1.807, 2.05) is 54.6 Å². The zero-order chi connectivity index (χ0) is 18.4. The normalized spacial score (nSPS) is 11.7. The van der Waals surface area contributed by atoms with E-state index in [0.717, 1.165) is 16.9 Å². The number of carbonyl (C=O) groups is 1. The third-order valence-electron chi connectivity index (χ3n) is 3.59. The number of methoxy groups -OCH3 is 1. The summed E-state index contributed by atoms with van der Waals surface area (Å²) in [6.45, 7) is 0.626. The molecule has 0 bridgehead atoms. The number of carbonyl (C=O) groups excluding carboxylic acids is 1. The van der Waals surface area contributed by atoms with Crippen LogP contribution in [0.1, 0.15) is 16.4 Å². The van der Waals surface area contributed by atoms with Crippen LogP contribution in [0.15, 0.2) is 58.9 Å². The number of amides is 1. The van der Waals surface area contributed by atoms with Crippen molar-refractivity contribution in [3.05, 3.63) is 65.7 Å². The first-order valence-electron chi connectivity index (χ1n) is 7.87. The van der Waals surface area contributed by atoms with E-state index in [1.165, 1.54) is 23.1 Å². The molecule has 3 aromatic rings. The van der Waals surface area contributed by atoms with Crippen molar-refractivity contribution in [1.29, 1.82) is 0 Å². The summed E-state index contributed by atoms with van der Waals surface area (Å²) in [5.74, 6) is 0.422. The Morgan fingerprint density at radius 3 is 2.58 bits per heavy atom. The number of ether oxygens (including phenoxy) is 1. The van der Waals surface area contributed by atoms with Crippen LogP contribution in [0, 0.1) is 0 Å². The Morgan fingerprint density at radius 1 is 1.19 bits per heavy atom. The number of thioether (sulfide) groups is 1. The largest absolute Gasteiger partial charge is 0.497 e. The summed E-state index contributed by atoms with van der Waals surface area (Å²) in [6, 6.07) is 17.2. The molecule has 0 aliphatic heterocycles. The van der Waals surface area contributed by atoms with Gasteiger partial charge in [0.1, 0.15) is 11.0 Å². The summed E-state index contributed by atoms with van der Waals surface area (Å²) in [6.07, 6.45) is 0. The van der Waals surface area contributed by atoms with Crippen molar-refractivity contribution < 1.29 is 9.53 Å². The van der Waals surface area contributed by atoms with Crippen molar-refractivity contribution in [2.24, 2.45) is 5.73 Å². The fraction of sp³-hybridized carbons (Fsp3) is 0.167. The van der Waals surface area contributed by atoms with Crippen molar-refractivity contribution in [2.75, 3.05) is 12.4 Å². The van der Waals surface area contributed by atoms with Gasteiger partial charge in [-0.3, -0.25) is 4.79 Å². The minimum atomic E-state index is -0.487. The molecule has 1 amide bonds. The summed E-state index contributed by atoms with van der Waals surface area (Å²) >= 11 is 2.71. The lowest BCUT2D eigenvalue weighted by Gasteiger charge is -2.10. The number of nitrogens with zero attached hydrogens (tertiary/aromatic N) is 2. The molecule has 0 aliphatic rings. The van der Waals surface area contributed by atoms with Gasteiger partial charge < -0.3 is 15.8 Å². The number of nitrogens with two attached hydrogens (primary N) is 1. The molecule has 3 rings (SSSR count). The number of hydrogen-bond acceptors (Lipinski definition) is 7. The Bertz CT molecular complexity index is 853. The highest BCUT2D eigenvalue weighted by Gasteiger charge is 2.21. The number of primary amides is 1. The van der Waals surface area contributed by atoms with E-state index in [-0.39, 0.29) is 0 Å². The van der Waals surface area contributed by atoms with Crippen molar-refractivity contribution in [3.63, 3.8) is 0 Å². The summed E-state index contributed by atoms with van der Waals surface area (Å²) < 4.78 is 5.84. The van der Waals surface area contributed by atoms with Crippen LogP contribution in [0.5, 0.6) is 5.75 Å². The SMILES string of the molecule is COc1ccc(CNc2nnc(SC(C(N)=O)c3ccccc3)s2)cc1. The first kappa shape index (κ1) is 18.2. The minimum Gasteiger partial charge on any atom is -0.497 e. The molecule has 0 aliphatic carbocycles. The molecule has 1 heterocycles. The molecule has 134 valence electrons. The Balaban J connectivity index is 1.62. The van der Waals surface area contributed by atoms with Gasteiger partial charge in [-0.2, -0.15) is 0 Å². The van der Waals surface area contributed by atoms with Gasteiger partial charge in [0.2, 0.25) is 11.0 Å². The van der Waals surface area contributed by atoms with E-state index in [0.29, 0.717) is 16.0 Å². The molecule has 26 heavy (non-hydrogen) atoms. The monoisotopic (exact) mass is 386 g/mol. The summed E-state index contributed by atoms with van der Waals surface area (Å²) in [5.41, 5.74) is 7.51. The van der Waals surface area contributed by atoms with Crippen LogP contribution in [-0.4, -0.2) is 23.2 Å². The molecule has 0 spiro atoms. The average Bonchev–Trinajstić information content (AvgIpc) is 3.13. The van der Waals surface area contributed by atoms with Crippen molar-refractivity contribution >= 4 is 34.1 Å². The lowest BCUT2D eigenvalue weighted by Crippen LogP contribution is -2.18. The predicted molar refractivity (Wildman–Crippen MR) is 104 cm³/mol. The molecule has 8 heteroatoms. The van der Waals surface area contributed by atoms with E-state index < -0.39 is 11.2 Å². The second-order valence-corrected chi connectivity index (χ2v) is 7.72. The number of aromatic nitrogens is 2. The third kappa shape index (κ3) is 4.74. The van der Waals surface area contributed by atoms with Gasteiger partial charge in [-0.1, -0.05) is 65.6 Å². The Kier molecular flexibility index (Phi) is 6.08. The molecule has 6 nitrogen and oxygen atoms in total. The van der Waals surface area contributed by atoms with E-state index in [2.05, 4.69) is 15.5 Å². The minimum absolute atomic E-state index is 0.399. The standard InChI is InChI=1S/C18H18N4O2S2/c1-24-14-9-7-12(8-10-14)11-20-17-21-22-18(26-17)25-15(16(19)23)13-5-3-2-4-6-13/h2-10,15H,11H2,1H3,(H2,19,23)(H,20,21). The van der Waals surface area contributed by atoms with Gasteiger partial charge in [-0.05, 0) is 23.3 Å². The van der Waals surface area contributed by atoms with E-state index in [1.54, 1.807) is 7.11 Å². The van der Waals surface area contributed by atoms with Crippen LogP contribution in [0.3, 0.4) is 0 Å². The number of rotatable bonds is 8. The van der Waals surface area contributed by atoms with Gasteiger partial charge in [-0.25, -0.2) is 0 Å². The maximum atomic E-state index is 11.8. The molecule has 1 atom stereocenters. The van der Waals surface area contributed by atoms with Crippen LogP contribution >= 0.6 is 23.1 Å². The predicted octanol–water partition coefficient (Wildman–Crippen LogP) is 3.48. The highest BCUT2D eigenvalue weighted by atomic mass is 32.2. The number of hydrogen-bond donors (Lipinski definition) is 2. The molecule has 0 radical (unpaired) electrons. The Hall–Kier alpha value is -2.58. The molecular formula is C18H18N4O2S2. The molecule has 2 aromatic carbocycles. The van der Waals surface area contributed by atoms with Gasteiger partial charge in [-0.15, -0.1) is 10.2 Å². The van der Waals surface area contributed by atoms with E-state index in [4.69, 9.17) is 10.5 Å². The van der Waals surface area contributed by atoms with Crippen LogP contribution in [0.4, 0.5) is 5.13 Å². The highest BCUT2D eigenvalue weighted by Crippen LogP contribution is 2.37. The van der Waals surface area contributed by atoms with Gasteiger partial charge in [0.15, 0.2) is 4.34 Å². The molecular weight excluding hydrogens is 368 g/mol. The van der Waals surface area contributed by atoms with Crippen molar-refractivity contribution in [1.82, 2.24) is 10.2 Å². The summed E-state index contributed by atoms with van der Waals surface area (Å²) in [5, 5.41) is 11.7. The van der Waals surface area contributed by atoms with Crippen molar-refractivity contribution in [3.8, 4) is 5.75 Å². The second-order valence-electron chi connectivity index (χ2n) is 5.39. The molecule has 3 N–H and O–H groups in total. The number of nitrogens with one attached hydrogen (secondary N) is 1. The second kappa shape index (κ2) is 8.68. The third-order valence-corrected chi connectivity index (χ3v) is 5.83. The van der Waals surface area contributed by atoms with Gasteiger partial charge in [0.05, 0.1) is 7.11 Å². The average molecular weight is 387 g/mol. The fourth-order valence-electron chi connectivity index (χ4n) is 2.27. The zero-order valence-electron chi connectivity index (χ0n) is 14.1. The Labute approximate surface area is 159 Å². The number of anilines is 1.